The molecule has 0 unspecified atom stereocenters. The molecule has 1 aliphatic rings. The lowest BCUT2D eigenvalue weighted by molar-refractivity contribution is -0.120. The van der Waals surface area contributed by atoms with Gasteiger partial charge in [-0.05, 0) is 64.8 Å². The molecule has 3 aromatic rings. The molecule has 2 aromatic carbocycles. The van der Waals surface area contributed by atoms with E-state index < -0.39 is 0 Å². The number of fused-ring (bicyclic) bond motifs is 1. The van der Waals surface area contributed by atoms with Crippen LogP contribution in [0.4, 0.5) is 5.69 Å². The Labute approximate surface area is 165 Å². The number of carbonyl (C=O) groups is 1. The topological polar surface area (TPSA) is 58.2 Å². The lowest BCUT2D eigenvalue weighted by Crippen LogP contribution is -2.35. The Morgan fingerprint density at radius 2 is 2.12 bits per heavy atom. The van der Waals surface area contributed by atoms with Gasteiger partial charge in [-0.15, -0.1) is 0 Å². The predicted octanol–water partition coefficient (Wildman–Crippen LogP) is 3.95. The van der Waals surface area contributed by atoms with Gasteiger partial charge >= 0.3 is 0 Å². The molecule has 1 aromatic heterocycles. The fourth-order valence-electron chi connectivity index (χ4n) is 3.43. The van der Waals surface area contributed by atoms with Gasteiger partial charge in [0.15, 0.2) is 0 Å². The van der Waals surface area contributed by atoms with E-state index in [0.29, 0.717) is 13.2 Å². The van der Waals surface area contributed by atoms with Crippen molar-refractivity contribution in [3.8, 4) is 0 Å². The Morgan fingerprint density at radius 1 is 1.31 bits per heavy atom. The number of hydrogen-bond acceptors (Lipinski definition) is 3. The number of methoxy groups -OCH3 is 1. The first-order chi connectivity index (χ1) is 12.7. The van der Waals surface area contributed by atoms with Gasteiger partial charge in [-0.25, -0.2) is 0 Å². The molecule has 0 spiro atoms. The quantitative estimate of drug-likeness (QED) is 0.566. The molecule has 0 aliphatic heterocycles. The number of para-hydroxylation sites is 1. The molecular formula is C20H20IN3O2. The van der Waals surface area contributed by atoms with E-state index in [0.717, 1.165) is 26.7 Å². The van der Waals surface area contributed by atoms with Crippen LogP contribution < -0.4 is 4.90 Å². The summed E-state index contributed by atoms with van der Waals surface area (Å²) < 4.78 is 6.17. The van der Waals surface area contributed by atoms with Crippen molar-refractivity contribution in [2.45, 2.75) is 12.3 Å². The van der Waals surface area contributed by atoms with Crippen LogP contribution in [0.2, 0.25) is 0 Å². The van der Waals surface area contributed by atoms with Crippen molar-refractivity contribution in [1.82, 2.24) is 10.2 Å². The van der Waals surface area contributed by atoms with Gasteiger partial charge in [0.05, 0.1) is 12.1 Å². The monoisotopic (exact) mass is 461 g/mol. The van der Waals surface area contributed by atoms with E-state index in [4.69, 9.17) is 4.74 Å². The van der Waals surface area contributed by atoms with Crippen molar-refractivity contribution < 1.29 is 9.53 Å². The standard InChI is InChI=1S/C20H20IN3O2/c1-26-10-9-24(14-5-3-2-4-6-14)20(25)17-12-16(17)13-7-8-15-18(11-13)22-23-19(15)21/h2-8,11,16-17H,9-10,12H2,1H3,(H,22,23)/t16-,17-/m0/s1. The largest absolute Gasteiger partial charge is 0.383 e. The summed E-state index contributed by atoms with van der Waals surface area (Å²) in [6.45, 7) is 1.09. The molecule has 5 nitrogen and oxygen atoms in total. The van der Waals surface area contributed by atoms with Crippen LogP contribution in [0, 0.1) is 9.62 Å². The van der Waals surface area contributed by atoms with Gasteiger partial charge in [0.2, 0.25) is 5.91 Å². The number of hydrogen-bond donors (Lipinski definition) is 1. The van der Waals surface area contributed by atoms with Gasteiger partial charge in [0.25, 0.3) is 0 Å². The maximum Gasteiger partial charge on any atom is 0.230 e. The first-order valence-corrected chi connectivity index (χ1v) is 9.76. The number of aromatic nitrogens is 2. The minimum atomic E-state index is 0.0338. The molecular weight excluding hydrogens is 441 g/mol. The number of carbonyl (C=O) groups excluding carboxylic acids is 1. The van der Waals surface area contributed by atoms with Gasteiger partial charge < -0.3 is 9.64 Å². The number of rotatable bonds is 6. The lowest BCUT2D eigenvalue weighted by Gasteiger charge is -2.23. The second kappa shape index (κ2) is 7.36. The van der Waals surface area contributed by atoms with Crippen LogP contribution in [0.5, 0.6) is 0 Å². The van der Waals surface area contributed by atoms with Crippen molar-refractivity contribution >= 4 is 45.1 Å². The highest BCUT2D eigenvalue weighted by Gasteiger charge is 2.46. The van der Waals surface area contributed by atoms with Crippen LogP contribution in [-0.4, -0.2) is 36.4 Å². The van der Waals surface area contributed by atoms with Gasteiger partial charge in [-0.1, -0.05) is 24.3 Å². The summed E-state index contributed by atoms with van der Waals surface area (Å²) in [4.78, 5) is 15.0. The fraction of sp³-hybridized carbons (Fsp3) is 0.300. The summed E-state index contributed by atoms with van der Waals surface area (Å²) in [6.07, 6.45) is 0.895. The number of H-pyrrole nitrogens is 1. The number of anilines is 1. The van der Waals surface area contributed by atoms with Crippen LogP contribution in [0.1, 0.15) is 17.9 Å². The molecule has 1 N–H and O–H groups in total. The van der Waals surface area contributed by atoms with E-state index in [9.17, 15) is 4.79 Å². The van der Waals surface area contributed by atoms with Crippen LogP contribution in [0.3, 0.4) is 0 Å². The molecule has 1 amide bonds. The van der Waals surface area contributed by atoms with E-state index in [1.54, 1.807) is 7.11 Å². The normalized spacial score (nSPS) is 18.8. The summed E-state index contributed by atoms with van der Waals surface area (Å²) in [5, 5.41) is 8.44. The first-order valence-electron chi connectivity index (χ1n) is 8.68. The molecule has 1 aliphatic carbocycles. The maximum absolute atomic E-state index is 13.1. The van der Waals surface area contributed by atoms with Gasteiger partial charge in [0.1, 0.15) is 3.70 Å². The van der Waals surface area contributed by atoms with Crippen LogP contribution in [0.15, 0.2) is 48.5 Å². The Kier molecular flexibility index (Phi) is 4.95. The fourth-order valence-corrected chi connectivity index (χ4v) is 4.02. The molecule has 26 heavy (non-hydrogen) atoms. The molecule has 4 rings (SSSR count). The number of ether oxygens (including phenoxy) is 1. The molecule has 134 valence electrons. The van der Waals surface area contributed by atoms with E-state index in [-0.39, 0.29) is 17.7 Å². The summed E-state index contributed by atoms with van der Waals surface area (Å²) in [5.74, 6) is 0.491. The molecule has 2 atom stereocenters. The maximum atomic E-state index is 13.1. The van der Waals surface area contributed by atoms with Gasteiger partial charge in [0, 0.05) is 30.6 Å². The minimum absolute atomic E-state index is 0.0338. The molecule has 1 fully saturated rings. The third-order valence-electron chi connectivity index (χ3n) is 4.93. The first kappa shape index (κ1) is 17.5. The highest BCUT2D eigenvalue weighted by molar-refractivity contribution is 14.1. The lowest BCUT2D eigenvalue weighted by atomic mass is 10.1. The second-order valence-electron chi connectivity index (χ2n) is 6.59. The van der Waals surface area contributed by atoms with E-state index in [1.807, 2.05) is 35.2 Å². The van der Waals surface area contributed by atoms with Crippen LogP contribution in [0.25, 0.3) is 10.9 Å². The average molecular weight is 461 g/mol. The highest BCUT2D eigenvalue weighted by atomic mass is 127. The molecule has 1 saturated carbocycles. The van der Waals surface area contributed by atoms with E-state index >= 15 is 0 Å². The van der Waals surface area contributed by atoms with Crippen molar-refractivity contribution in [3.05, 3.63) is 57.8 Å². The Morgan fingerprint density at radius 3 is 2.88 bits per heavy atom. The zero-order chi connectivity index (χ0) is 18.1. The molecule has 0 saturated heterocycles. The van der Waals surface area contributed by atoms with Crippen molar-refractivity contribution in [2.75, 3.05) is 25.2 Å². The SMILES string of the molecule is COCCN(C(=O)[C@H]1C[C@H]1c1ccc2c(I)n[nH]c2c1)c1ccccc1. The zero-order valence-corrected chi connectivity index (χ0v) is 16.6. The molecule has 6 heteroatoms. The predicted molar refractivity (Wildman–Crippen MR) is 110 cm³/mol. The number of halogens is 1. The van der Waals surface area contributed by atoms with Crippen LogP contribution in [-0.2, 0) is 9.53 Å². The number of aromatic amines is 1. The highest BCUT2D eigenvalue weighted by Crippen LogP contribution is 2.49. The number of nitrogens with one attached hydrogen (secondary N) is 1. The summed E-state index contributed by atoms with van der Waals surface area (Å²) in [6, 6.07) is 16.2. The second-order valence-corrected chi connectivity index (χ2v) is 7.61. The Bertz CT molecular complexity index is 925. The molecule has 0 bridgehead atoms. The smallest absolute Gasteiger partial charge is 0.230 e. The number of benzene rings is 2. The summed E-state index contributed by atoms with van der Waals surface area (Å²) in [7, 11) is 1.66. The Balaban J connectivity index is 1.53. The van der Waals surface area contributed by atoms with E-state index in [1.165, 1.54) is 5.56 Å². The summed E-state index contributed by atoms with van der Waals surface area (Å²) >= 11 is 2.23. The van der Waals surface area contributed by atoms with E-state index in [2.05, 4.69) is 51.0 Å². The van der Waals surface area contributed by atoms with Gasteiger partial charge in [-0.3, -0.25) is 9.89 Å². The summed E-state index contributed by atoms with van der Waals surface area (Å²) in [5.41, 5.74) is 3.17. The number of nitrogens with zero attached hydrogens (tertiary/aromatic N) is 2. The van der Waals surface area contributed by atoms with Crippen molar-refractivity contribution in [1.29, 1.82) is 0 Å². The number of amides is 1. The Hall–Kier alpha value is -1.93. The van der Waals surface area contributed by atoms with Crippen LogP contribution >= 0.6 is 22.6 Å². The third kappa shape index (κ3) is 3.35. The minimum Gasteiger partial charge on any atom is -0.383 e. The van der Waals surface area contributed by atoms with Crippen molar-refractivity contribution in [3.63, 3.8) is 0 Å². The molecule has 0 radical (unpaired) electrons. The van der Waals surface area contributed by atoms with Gasteiger partial charge in [-0.2, -0.15) is 5.10 Å². The molecule has 1 heterocycles. The third-order valence-corrected chi connectivity index (χ3v) is 5.75. The average Bonchev–Trinajstić information content (AvgIpc) is 3.40. The van der Waals surface area contributed by atoms with Crippen molar-refractivity contribution in [2.24, 2.45) is 5.92 Å². The zero-order valence-electron chi connectivity index (χ0n) is 14.5.